The van der Waals surface area contributed by atoms with Gasteiger partial charge in [0.25, 0.3) is 0 Å². The van der Waals surface area contributed by atoms with E-state index in [-0.39, 0.29) is 23.7 Å². The molecule has 0 radical (unpaired) electrons. The largest absolute Gasteiger partial charge is 0.374 e. The minimum atomic E-state index is -0.216. The van der Waals surface area contributed by atoms with Crippen LogP contribution in [0.25, 0.3) is 0 Å². The lowest BCUT2D eigenvalue weighted by molar-refractivity contribution is -0.0895. The van der Waals surface area contributed by atoms with Crippen molar-refractivity contribution in [1.29, 1.82) is 0 Å². The van der Waals surface area contributed by atoms with Gasteiger partial charge in [-0.1, -0.05) is 91.0 Å². The van der Waals surface area contributed by atoms with Gasteiger partial charge in [0.15, 0.2) is 0 Å². The van der Waals surface area contributed by atoms with Crippen molar-refractivity contribution in [2.24, 2.45) is 0 Å². The van der Waals surface area contributed by atoms with E-state index in [1.54, 1.807) is 11.8 Å². The van der Waals surface area contributed by atoms with Gasteiger partial charge in [0.05, 0.1) is 26.4 Å². The highest BCUT2D eigenvalue weighted by molar-refractivity contribution is 7.99. The second-order valence-electron chi connectivity index (χ2n) is 7.80. The van der Waals surface area contributed by atoms with Gasteiger partial charge in [-0.05, 0) is 22.9 Å². The summed E-state index contributed by atoms with van der Waals surface area (Å²) in [5.74, 6) is 0. The molecule has 32 heavy (non-hydrogen) atoms. The van der Waals surface area contributed by atoms with Crippen molar-refractivity contribution >= 4 is 11.8 Å². The summed E-state index contributed by atoms with van der Waals surface area (Å²) in [6.45, 7) is 2.03. The molecule has 0 saturated carbocycles. The molecule has 1 heterocycles. The molecule has 4 atom stereocenters. The van der Waals surface area contributed by atoms with E-state index in [0.29, 0.717) is 26.4 Å². The summed E-state index contributed by atoms with van der Waals surface area (Å²) in [5.41, 5.74) is 3.30. The van der Waals surface area contributed by atoms with Crippen molar-refractivity contribution in [3.63, 3.8) is 0 Å². The monoisotopic (exact) mass is 450 g/mol. The number of benzene rings is 3. The zero-order chi connectivity index (χ0) is 22.0. The van der Waals surface area contributed by atoms with Crippen LogP contribution >= 0.6 is 11.8 Å². The van der Waals surface area contributed by atoms with Gasteiger partial charge >= 0.3 is 0 Å². The van der Waals surface area contributed by atoms with Crippen LogP contribution in [0.4, 0.5) is 0 Å². The third-order valence-electron chi connectivity index (χ3n) is 5.46. The van der Waals surface area contributed by atoms with Gasteiger partial charge in [0, 0.05) is 0 Å². The normalized spacial score (nSPS) is 22.8. The summed E-state index contributed by atoms with van der Waals surface area (Å²) in [5, 5.41) is 0. The zero-order valence-corrected chi connectivity index (χ0v) is 19.2. The summed E-state index contributed by atoms with van der Waals surface area (Å²) in [4.78, 5) is 0. The predicted molar refractivity (Wildman–Crippen MR) is 128 cm³/mol. The highest BCUT2D eigenvalue weighted by Gasteiger charge is 2.46. The lowest BCUT2D eigenvalue weighted by Gasteiger charge is -2.24. The lowest BCUT2D eigenvalue weighted by Crippen LogP contribution is -2.38. The maximum atomic E-state index is 6.39. The van der Waals surface area contributed by atoms with Crippen LogP contribution in [0, 0.1) is 0 Å². The third-order valence-corrected chi connectivity index (χ3v) is 6.31. The Morgan fingerprint density at radius 3 is 1.62 bits per heavy atom. The van der Waals surface area contributed by atoms with Crippen LogP contribution in [-0.4, -0.2) is 36.6 Å². The second kappa shape index (κ2) is 12.2. The smallest absolute Gasteiger partial charge is 0.132 e. The van der Waals surface area contributed by atoms with Gasteiger partial charge in [-0.2, -0.15) is 0 Å². The third kappa shape index (κ3) is 6.44. The molecule has 3 aromatic carbocycles. The van der Waals surface area contributed by atoms with Crippen molar-refractivity contribution in [1.82, 2.24) is 0 Å². The average Bonchev–Trinajstić information content (AvgIpc) is 3.19. The van der Waals surface area contributed by atoms with Crippen molar-refractivity contribution in [3.05, 3.63) is 108 Å². The number of ether oxygens (including phenoxy) is 4. The average molecular weight is 451 g/mol. The Hall–Kier alpha value is -2.15. The van der Waals surface area contributed by atoms with E-state index in [9.17, 15) is 0 Å². The molecule has 0 bridgehead atoms. The molecule has 5 heteroatoms. The van der Waals surface area contributed by atoms with Crippen LogP contribution in [0.1, 0.15) is 16.7 Å². The van der Waals surface area contributed by atoms with E-state index in [4.69, 9.17) is 18.9 Å². The fraction of sp³-hybridized carbons (Fsp3) is 0.333. The molecule has 0 N–H and O–H groups in total. The Labute approximate surface area is 194 Å². The Balaban J connectivity index is 1.42. The SMILES string of the molecule is CS[C@@H]1O[C@H](COCc2ccccc2)[C@@H](OCc2ccccc2)[C@@H]1OCc1ccccc1. The molecule has 0 aromatic heterocycles. The quantitative estimate of drug-likeness (QED) is 0.388. The molecule has 0 aliphatic carbocycles. The van der Waals surface area contributed by atoms with Gasteiger partial charge in [-0.15, -0.1) is 11.8 Å². The first-order valence-corrected chi connectivity index (χ1v) is 12.2. The fourth-order valence-corrected chi connectivity index (χ4v) is 4.55. The van der Waals surface area contributed by atoms with Crippen molar-refractivity contribution in [2.45, 2.75) is 43.6 Å². The lowest BCUT2D eigenvalue weighted by atomic mass is 10.1. The van der Waals surface area contributed by atoms with Crippen LogP contribution in [0.2, 0.25) is 0 Å². The topological polar surface area (TPSA) is 36.9 Å². The van der Waals surface area contributed by atoms with E-state index in [0.717, 1.165) is 16.7 Å². The summed E-state index contributed by atoms with van der Waals surface area (Å²) in [6.07, 6.45) is 1.46. The maximum absolute atomic E-state index is 6.39. The van der Waals surface area contributed by atoms with E-state index in [1.807, 2.05) is 60.9 Å². The first-order valence-electron chi connectivity index (χ1n) is 10.9. The van der Waals surface area contributed by atoms with Crippen LogP contribution in [0.3, 0.4) is 0 Å². The van der Waals surface area contributed by atoms with Gasteiger partial charge in [-0.3, -0.25) is 0 Å². The molecule has 4 rings (SSSR count). The van der Waals surface area contributed by atoms with Crippen LogP contribution in [0.15, 0.2) is 91.0 Å². The molecular formula is C27H30O4S. The van der Waals surface area contributed by atoms with Crippen LogP contribution in [0.5, 0.6) is 0 Å². The summed E-state index contributed by atoms with van der Waals surface area (Å²) >= 11 is 1.65. The molecule has 1 aliphatic heterocycles. The second-order valence-corrected chi connectivity index (χ2v) is 8.74. The number of thioether (sulfide) groups is 1. The van der Waals surface area contributed by atoms with Gasteiger partial charge in [0.2, 0.25) is 0 Å². The Morgan fingerprint density at radius 1 is 0.656 bits per heavy atom. The van der Waals surface area contributed by atoms with Crippen molar-refractivity contribution in [2.75, 3.05) is 12.9 Å². The predicted octanol–water partition coefficient (Wildman–Crippen LogP) is 5.46. The molecule has 0 spiro atoms. The molecular weight excluding hydrogens is 420 g/mol. The van der Waals surface area contributed by atoms with Gasteiger partial charge in [0.1, 0.15) is 23.7 Å². The van der Waals surface area contributed by atoms with E-state index >= 15 is 0 Å². The van der Waals surface area contributed by atoms with Crippen LogP contribution in [-0.2, 0) is 38.8 Å². The van der Waals surface area contributed by atoms with E-state index in [1.165, 1.54) is 0 Å². The number of hydrogen-bond acceptors (Lipinski definition) is 5. The molecule has 4 nitrogen and oxygen atoms in total. The Kier molecular flexibility index (Phi) is 8.77. The minimum absolute atomic E-state index is 0.107. The first-order chi connectivity index (χ1) is 15.8. The van der Waals surface area contributed by atoms with Crippen LogP contribution < -0.4 is 0 Å². The van der Waals surface area contributed by atoms with E-state index in [2.05, 4.69) is 36.4 Å². The Bertz CT molecular complexity index is 907. The number of hydrogen-bond donors (Lipinski definition) is 0. The Morgan fingerprint density at radius 2 is 1.12 bits per heavy atom. The molecule has 1 saturated heterocycles. The first kappa shape index (κ1) is 23.0. The maximum Gasteiger partial charge on any atom is 0.132 e. The van der Waals surface area contributed by atoms with Gasteiger partial charge in [-0.25, -0.2) is 0 Å². The van der Waals surface area contributed by atoms with Crippen molar-refractivity contribution in [3.8, 4) is 0 Å². The molecule has 3 aromatic rings. The van der Waals surface area contributed by atoms with Gasteiger partial charge < -0.3 is 18.9 Å². The summed E-state index contributed by atoms with van der Waals surface area (Å²) in [6, 6.07) is 30.6. The highest BCUT2D eigenvalue weighted by Crippen LogP contribution is 2.33. The zero-order valence-electron chi connectivity index (χ0n) is 18.3. The summed E-state index contributed by atoms with van der Waals surface area (Å²) < 4.78 is 25.1. The molecule has 168 valence electrons. The number of rotatable bonds is 11. The molecule has 0 amide bonds. The fourth-order valence-electron chi connectivity index (χ4n) is 3.79. The standard InChI is InChI=1S/C27H30O4S/c1-32-27-26(30-19-23-15-9-4-10-16-23)25(29-18-22-13-7-3-8-14-22)24(31-27)20-28-17-21-11-5-2-6-12-21/h2-16,24-27H,17-20H2,1H3/t24-,25-,26+,27+/m1/s1. The minimum Gasteiger partial charge on any atom is -0.374 e. The molecule has 0 unspecified atom stereocenters. The molecule has 1 aliphatic rings. The highest BCUT2D eigenvalue weighted by atomic mass is 32.2. The molecule has 1 fully saturated rings. The van der Waals surface area contributed by atoms with E-state index < -0.39 is 0 Å². The van der Waals surface area contributed by atoms with Crippen molar-refractivity contribution < 1.29 is 18.9 Å². The summed E-state index contributed by atoms with van der Waals surface area (Å²) in [7, 11) is 0.